The smallest absolute Gasteiger partial charge is 0.243 e. The number of carbonyl (C=O) groups excluding carboxylic acids is 1. The Hall–Kier alpha value is -2.53. The number of carbonyl (C=O) groups is 1. The highest BCUT2D eigenvalue weighted by Crippen LogP contribution is 2.28. The summed E-state index contributed by atoms with van der Waals surface area (Å²) in [6.45, 7) is 0.665. The third-order valence-electron chi connectivity index (χ3n) is 4.17. The van der Waals surface area contributed by atoms with Gasteiger partial charge < -0.3 is 9.72 Å². The van der Waals surface area contributed by atoms with Gasteiger partial charge in [-0.1, -0.05) is 31.0 Å². The fourth-order valence-electron chi connectivity index (χ4n) is 2.91. The lowest BCUT2D eigenvalue weighted by atomic mass is 10.1. The van der Waals surface area contributed by atoms with E-state index in [0.717, 1.165) is 42.5 Å². The predicted octanol–water partition coefficient (Wildman–Crippen LogP) is 4.16. The minimum absolute atomic E-state index is 0.321. The summed E-state index contributed by atoms with van der Waals surface area (Å²) in [5.41, 5.74) is 3.87. The molecular weight excluding hydrogens is 304 g/mol. The zero-order valence-electron chi connectivity index (χ0n) is 13.5. The van der Waals surface area contributed by atoms with Crippen LogP contribution in [-0.4, -0.2) is 22.7 Å². The van der Waals surface area contributed by atoms with Crippen molar-refractivity contribution < 1.29 is 14.7 Å². The van der Waals surface area contributed by atoms with Gasteiger partial charge in [0.15, 0.2) is 0 Å². The largest absolute Gasteiger partial charge is 0.494 e. The van der Waals surface area contributed by atoms with Crippen molar-refractivity contribution in [1.82, 2.24) is 10.5 Å². The molecule has 0 spiro atoms. The van der Waals surface area contributed by atoms with E-state index in [-0.39, 0.29) is 5.91 Å². The molecule has 0 unspecified atom stereocenters. The molecule has 5 heteroatoms. The minimum atomic E-state index is -0.321. The third-order valence-corrected chi connectivity index (χ3v) is 4.17. The number of amides is 1. The summed E-state index contributed by atoms with van der Waals surface area (Å²) in [6.07, 6.45) is 4.07. The second-order valence-corrected chi connectivity index (χ2v) is 5.93. The maximum Gasteiger partial charge on any atom is 0.243 e. The number of hydroxylamine groups is 1. The molecule has 1 amide bonds. The molecule has 0 aliphatic carbocycles. The molecule has 2 aromatic carbocycles. The molecule has 5 nitrogen and oxygen atoms in total. The number of fused-ring (bicyclic) bond motifs is 3. The van der Waals surface area contributed by atoms with Crippen LogP contribution in [0.2, 0.25) is 0 Å². The summed E-state index contributed by atoms with van der Waals surface area (Å²) in [4.78, 5) is 14.3. The van der Waals surface area contributed by atoms with Crippen LogP contribution in [0, 0.1) is 0 Å². The summed E-state index contributed by atoms with van der Waals surface area (Å²) in [6, 6.07) is 14.4. The second-order valence-electron chi connectivity index (χ2n) is 5.93. The van der Waals surface area contributed by atoms with Crippen LogP contribution in [0.1, 0.15) is 32.1 Å². The van der Waals surface area contributed by atoms with Gasteiger partial charge in [0.2, 0.25) is 5.91 Å². The molecule has 0 saturated heterocycles. The van der Waals surface area contributed by atoms with Gasteiger partial charge in [-0.3, -0.25) is 10.0 Å². The summed E-state index contributed by atoms with van der Waals surface area (Å²) in [7, 11) is 0. The molecule has 3 aromatic rings. The molecule has 0 aliphatic heterocycles. The lowest BCUT2D eigenvalue weighted by Gasteiger charge is -2.06. The van der Waals surface area contributed by atoms with Crippen molar-refractivity contribution in [1.29, 1.82) is 0 Å². The molecule has 0 aliphatic rings. The number of unbranched alkanes of at least 4 members (excludes halogenated alkanes) is 3. The summed E-state index contributed by atoms with van der Waals surface area (Å²) in [5, 5.41) is 10.8. The first-order chi connectivity index (χ1) is 11.8. The number of para-hydroxylation sites is 1. The Morgan fingerprint density at radius 1 is 1.00 bits per heavy atom. The van der Waals surface area contributed by atoms with Crippen molar-refractivity contribution >= 4 is 27.7 Å². The zero-order valence-corrected chi connectivity index (χ0v) is 13.5. The van der Waals surface area contributed by atoms with Gasteiger partial charge in [0.25, 0.3) is 0 Å². The lowest BCUT2D eigenvalue weighted by Crippen LogP contribution is -2.17. The van der Waals surface area contributed by atoms with Gasteiger partial charge >= 0.3 is 0 Å². The number of ether oxygens (including phenoxy) is 1. The third kappa shape index (κ3) is 3.86. The molecule has 1 heterocycles. The Morgan fingerprint density at radius 3 is 2.67 bits per heavy atom. The average molecular weight is 326 g/mol. The SMILES string of the molecule is O=C(CCCCCCOc1ccc2c(c1)[nH]c1ccccc12)NO. The molecule has 0 saturated carbocycles. The fourth-order valence-corrected chi connectivity index (χ4v) is 2.91. The number of hydrogen-bond acceptors (Lipinski definition) is 3. The Labute approximate surface area is 140 Å². The topological polar surface area (TPSA) is 74.4 Å². The van der Waals surface area contributed by atoms with E-state index < -0.39 is 0 Å². The number of nitrogens with one attached hydrogen (secondary N) is 2. The molecular formula is C19H22N2O3. The first-order valence-electron chi connectivity index (χ1n) is 8.34. The second kappa shape index (κ2) is 7.84. The number of benzene rings is 2. The van der Waals surface area contributed by atoms with Crippen LogP contribution in [0.15, 0.2) is 42.5 Å². The molecule has 126 valence electrons. The van der Waals surface area contributed by atoms with Crippen molar-refractivity contribution in [3.8, 4) is 5.75 Å². The molecule has 3 rings (SSSR count). The standard InChI is InChI=1S/C19H22N2O3/c22-19(21-23)9-3-1-2-6-12-24-14-10-11-16-15-7-4-5-8-17(15)20-18(16)13-14/h4-5,7-8,10-11,13,20,23H,1-3,6,9,12H2,(H,21,22). The van der Waals surface area contributed by atoms with E-state index in [4.69, 9.17) is 9.94 Å². The van der Waals surface area contributed by atoms with E-state index >= 15 is 0 Å². The molecule has 0 bridgehead atoms. The zero-order chi connectivity index (χ0) is 16.8. The van der Waals surface area contributed by atoms with Crippen LogP contribution >= 0.6 is 0 Å². The monoisotopic (exact) mass is 326 g/mol. The van der Waals surface area contributed by atoms with Crippen LogP contribution < -0.4 is 10.2 Å². The Balaban J connectivity index is 1.47. The summed E-state index contributed by atoms with van der Waals surface area (Å²) >= 11 is 0. The van der Waals surface area contributed by atoms with Gasteiger partial charge in [-0.2, -0.15) is 0 Å². The maximum absolute atomic E-state index is 10.9. The molecule has 0 atom stereocenters. The van der Waals surface area contributed by atoms with Crippen LogP contribution in [0.5, 0.6) is 5.75 Å². The molecule has 24 heavy (non-hydrogen) atoms. The van der Waals surface area contributed by atoms with Gasteiger partial charge in [-0.25, -0.2) is 5.48 Å². The van der Waals surface area contributed by atoms with Gasteiger partial charge in [-0.15, -0.1) is 0 Å². The van der Waals surface area contributed by atoms with Gasteiger partial charge in [0, 0.05) is 28.8 Å². The maximum atomic E-state index is 10.9. The Bertz CT molecular complexity index is 826. The van der Waals surface area contributed by atoms with Gasteiger partial charge in [0.05, 0.1) is 12.1 Å². The van der Waals surface area contributed by atoms with Crippen molar-refractivity contribution in [2.75, 3.05) is 6.61 Å². The fraction of sp³-hybridized carbons (Fsp3) is 0.316. The molecule has 0 radical (unpaired) electrons. The number of hydrogen-bond donors (Lipinski definition) is 3. The summed E-state index contributed by atoms with van der Waals surface area (Å²) in [5.74, 6) is 0.548. The van der Waals surface area contributed by atoms with Crippen LogP contribution in [-0.2, 0) is 4.79 Å². The molecule has 1 aromatic heterocycles. The normalized spacial score (nSPS) is 11.0. The van der Waals surface area contributed by atoms with Crippen LogP contribution in [0.25, 0.3) is 21.8 Å². The van der Waals surface area contributed by atoms with Crippen molar-refractivity contribution in [3.05, 3.63) is 42.5 Å². The van der Waals surface area contributed by atoms with E-state index in [1.165, 1.54) is 10.8 Å². The Kier molecular flexibility index (Phi) is 5.33. The number of aromatic nitrogens is 1. The van der Waals surface area contributed by atoms with E-state index in [9.17, 15) is 4.79 Å². The highest BCUT2D eigenvalue weighted by molar-refractivity contribution is 6.07. The van der Waals surface area contributed by atoms with Crippen LogP contribution in [0.4, 0.5) is 0 Å². The summed E-state index contributed by atoms with van der Waals surface area (Å²) < 4.78 is 5.82. The van der Waals surface area contributed by atoms with Crippen molar-refractivity contribution in [2.45, 2.75) is 32.1 Å². The Morgan fingerprint density at radius 2 is 1.79 bits per heavy atom. The van der Waals surface area contributed by atoms with E-state index in [1.807, 2.05) is 24.3 Å². The predicted molar refractivity (Wildman–Crippen MR) is 94.3 cm³/mol. The van der Waals surface area contributed by atoms with Crippen molar-refractivity contribution in [2.24, 2.45) is 0 Å². The van der Waals surface area contributed by atoms with E-state index in [0.29, 0.717) is 13.0 Å². The highest BCUT2D eigenvalue weighted by Gasteiger charge is 2.05. The average Bonchev–Trinajstić information content (AvgIpc) is 2.98. The number of aromatic amines is 1. The van der Waals surface area contributed by atoms with Gasteiger partial charge in [0.1, 0.15) is 5.75 Å². The van der Waals surface area contributed by atoms with Crippen LogP contribution in [0.3, 0.4) is 0 Å². The molecule has 0 fully saturated rings. The number of H-pyrrole nitrogens is 1. The highest BCUT2D eigenvalue weighted by atomic mass is 16.5. The minimum Gasteiger partial charge on any atom is -0.494 e. The van der Waals surface area contributed by atoms with E-state index in [1.54, 1.807) is 5.48 Å². The number of rotatable bonds is 8. The first-order valence-corrected chi connectivity index (χ1v) is 8.34. The van der Waals surface area contributed by atoms with E-state index in [2.05, 4.69) is 23.2 Å². The quantitative estimate of drug-likeness (QED) is 0.331. The first kappa shape index (κ1) is 16.3. The van der Waals surface area contributed by atoms with Gasteiger partial charge in [-0.05, 0) is 31.0 Å². The molecule has 3 N–H and O–H groups in total. The lowest BCUT2D eigenvalue weighted by molar-refractivity contribution is -0.129. The van der Waals surface area contributed by atoms with Crippen molar-refractivity contribution in [3.63, 3.8) is 0 Å².